The van der Waals surface area contributed by atoms with Crippen LogP contribution in [-0.2, 0) is 17.1 Å². The molecule has 1 N–H and O–H groups in total. The highest BCUT2D eigenvalue weighted by atomic mass is 32.2. The zero-order valence-electron chi connectivity index (χ0n) is 10.5. The Balaban J connectivity index is 1.78. The number of rotatable bonds is 8. The molecule has 0 bridgehead atoms. The second kappa shape index (κ2) is 5.69. The molecule has 1 aliphatic carbocycles. The fourth-order valence-electron chi connectivity index (χ4n) is 1.94. The third-order valence-electron chi connectivity index (χ3n) is 3.16. The van der Waals surface area contributed by atoms with E-state index >= 15 is 0 Å². The molecule has 7 heteroatoms. The van der Waals surface area contributed by atoms with Crippen LogP contribution in [0.3, 0.4) is 0 Å². The van der Waals surface area contributed by atoms with Crippen molar-refractivity contribution in [2.45, 2.75) is 44.9 Å². The summed E-state index contributed by atoms with van der Waals surface area (Å²) in [6.07, 6.45) is 3.37. The van der Waals surface area contributed by atoms with Gasteiger partial charge in [-0.05, 0) is 40.9 Å². The van der Waals surface area contributed by atoms with Crippen molar-refractivity contribution >= 4 is 17.7 Å². The number of carboxylic acid groups (broad SMARTS) is 1. The molecule has 1 aliphatic rings. The van der Waals surface area contributed by atoms with Crippen molar-refractivity contribution in [2.24, 2.45) is 5.41 Å². The summed E-state index contributed by atoms with van der Waals surface area (Å²) in [7, 11) is 0. The molecule has 18 heavy (non-hydrogen) atoms. The van der Waals surface area contributed by atoms with Crippen molar-refractivity contribution in [2.75, 3.05) is 5.75 Å². The third-order valence-corrected chi connectivity index (χ3v) is 4.44. The van der Waals surface area contributed by atoms with Gasteiger partial charge in [0.25, 0.3) is 0 Å². The fourth-order valence-corrected chi connectivity index (χ4v) is 3.26. The van der Waals surface area contributed by atoms with E-state index in [-0.39, 0.29) is 5.41 Å². The molecule has 0 aromatic carbocycles. The van der Waals surface area contributed by atoms with Crippen molar-refractivity contribution in [3.63, 3.8) is 0 Å². The lowest BCUT2D eigenvalue weighted by Crippen LogP contribution is -2.12. The molecule has 1 aromatic heterocycles. The van der Waals surface area contributed by atoms with E-state index in [1.807, 2.05) is 4.68 Å². The normalized spacial score (nSPS) is 16.7. The van der Waals surface area contributed by atoms with E-state index in [9.17, 15) is 4.79 Å². The Morgan fingerprint density at radius 3 is 2.94 bits per heavy atom. The van der Waals surface area contributed by atoms with E-state index in [2.05, 4.69) is 22.4 Å². The summed E-state index contributed by atoms with van der Waals surface area (Å²) in [5.74, 6) is 1.84. The minimum atomic E-state index is -0.691. The van der Waals surface area contributed by atoms with Crippen LogP contribution in [0.2, 0.25) is 0 Å². The lowest BCUT2D eigenvalue weighted by atomic mass is 10.1. The molecule has 6 nitrogen and oxygen atoms in total. The summed E-state index contributed by atoms with van der Waals surface area (Å²) in [4.78, 5) is 10.7. The van der Waals surface area contributed by atoms with Gasteiger partial charge in [-0.15, -0.1) is 5.10 Å². The first-order valence-corrected chi connectivity index (χ1v) is 7.35. The van der Waals surface area contributed by atoms with Gasteiger partial charge in [-0.2, -0.15) is 11.8 Å². The van der Waals surface area contributed by atoms with Crippen LogP contribution in [0.15, 0.2) is 0 Å². The van der Waals surface area contributed by atoms with Gasteiger partial charge in [0, 0.05) is 6.54 Å². The average Bonchev–Trinajstić information content (AvgIpc) is 2.90. The molecule has 1 fully saturated rings. The lowest BCUT2D eigenvalue weighted by Gasteiger charge is -2.11. The van der Waals surface area contributed by atoms with Crippen molar-refractivity contribution < 1.29 is 9.90 Å². The molecular weight excluding hydrogens is 252 g/mol. The van der Waals surface area contributed by atoms with Crippen LogP contribution < -0.4 is 0 Å². The average molecular weight is 270 g/mol. The molecule has 0 atom stereocenters. The van der Waals surface area contributed by atoms with Gasteiger partial charge in [-0.25, -0.2) is 4.68 Å². The maximum absolute atomic E-state index is 10.7. The maximum atomic E-state index is 10.7. The fraction of sp³-hybridized carbons (Fsp3) is 0.818. The van der Waals surface area contributed by atoms with Gasteiger partial charge < -0.3 is 5.11 Å². The minimum Gasteiger partial charge on any atom is -0.481 e. The third kappa shape index (κ3) is 3.44. The van der Waals surface area contributed by atoms with Gasteiger partial charge in [0.05, 0.1) is 12.2 Å². The Hall–Kier alpha value is -1.11. The topological polar surface area (TPSA) is 80.9 Å². The highest BCUT2D eigenvalue weighted by Gasteiger charge is 2.44. The molecule has 0 amide bonds. The monoisotopic (exact) mass is 270 g/mol. The Morgan fingerprint density at radius 2 is 2.33 bits per heavy atom. The first-order valence-electron chi connectivity index (χ1n) is 6.20. The molecule has 100 valence electrons. The zero-order valence-corrected chi connectivity index (χ0v) is 11.3. The van der Waals surface area contributed by atoms with Gasteiger partial charge in [0.1, 0.15) is 0 Å². The van der Waals surface area contributed by atoms with E-state index in [0.717, 1.165) is 43.1 Å². The summed E-state index contributed by atoms with van der Waals surface area (Å²) in [6.45, 7) is 2.92. The van der Waals surface area contributed by atoms with Crippen LogP contribution in [0.1, 0.15) is 38.4 Å². The molecule has 0 radical (unpaired) electrons. The molecular formula is C11H18N4O2S. The second-order valence-corrected chi connectivity index (χ2v) is 5.87. The smallest absolute Gasteiger partial charge is 0.303 e. The van der Waals surface area contributed by atoms with E-state index in [4.69, 9.17) is 5.11 Å². The van der Waals surface area contributed by atoms with Crippen LogP contribution >= 0.6 is 11.8 Å². The number of aromatic nitrogens is 4. The van der Waals surface area contributed by atoms with Crippen molar-refractivity contribution in [1.82, 2.24) is 20.2 Å². The summed E-state index contributed by atoms with van der Waals surface area (Å²) >= 11 is 1.74. The van der Waals surface area contributed by atoms with Crippen LogP contribution in [-0.4, -0.2) is 37.0 Å². The molecule has 2 rings (SSSR count). The largest absolute Gasteiger partial charge is 0.481 e. The minimum absolute atomic E-state index is 0.0412. The molecule has 0 unspecified atom stereocenters. The van der Waals surface area contributed by atoms with Gasteiger partial charge in [0.15, 0.2) is 5.82 Å². The second-order valence-electron chi connectivity index (χ2n) is 4.88. The SMILES string of the molecule is CCCn1nnnc1CSCC1(CC(=O)O)CC1. The summed E-state index contributed by atoms with van der Waals surface area (Å²) in [5, 5.41) is 20.4. The predicted octanol–water partition coefficient (Wildman–Crippen LogP) is 1.57. The molecule has 0 saturated heterocycles. The van der Waals surface area contributed by atoms with Gasteiger partial charge in [0.2, 0.25) is 0 Å². The summed E-state index contributed by atoms with van der Waals surface area (Å²) in [6, 6.07) is 0. The molecule has 1 aromatic rings. The number of carbonyl (C=O) groups is 1. The van der Waals surface area contributed by atoms with E-state index in [0.29, 0.717) is 6.42 Å². The number of hydrogen-bond acceptors (Lipinski definition) is 5. The first kappa shape index (κ1) is 13.3. The van der Waals surface area contributed by atoms with Crippen molar-refractivity contribution in [3.8, 4) is 0 Å². The predicted molar refractivity (Wildman–Crippen MR) is 68.2 cm³/mol. The maximum Gasteiger partial charge on any atom is 0.303 e. The Labute approximate surface area is 110 Å². The molecule has 1 saturated carbocycles. The van der Waals surface area contributed by atoms with Gasteiger partial charge in [-0.3, -0.25) is 4.79 Å². The van der Waals surface area contributed by atoms with Gasteiger partial charge >= 0.3 is 5.97 Å². The highest BCUT2D eigenvalue weighted by molar-refractivity contribution is 7.98. The van der Waals surface area contributed by atoms with Crippen molar-refractivity contribution in [3.05, 3.63) is 5.82 Å². The zero-order chi connectivity index (χ0) is 13.0. The van der Waals surface area contributed by atoms with Gasteiger partial charge in [-0.1, -0.05) is 6.92 Å². The van der Waals surface area contributed by atoms with E-state index in [1.54, 1.807) is 11.8 Å². The highest BCUT2D eigenvalue weighted by Crippen LogP contribution is 2.51. The van der Waals surface area contributed by atoms with Crippen LogP contribution in [0.25, 0.3) is 0 Å². The molecule has 1 heterocycles. The number of tetrazole rings is 1. The standard InChI is InChI=1S/C11H18N4O2S/c1-2-5-15-9(12-13-14-15)7-18-8-11(3-4-11)6-10(16)17/h2-8H2,1H3,(H,16,17). The molecule has 0 aliphatic heterocycles. The number of hydrogen-bond donors (Lipinski definition) is 1. The molecule has 0 spiro atoms. The van der Waals surface area contributed by atoms with E-state index in [1.165, 1.54) is 0 Å². The number of nitrogens with zero attached hydrogens (tertiary/aromatic N) is 4. The summed E-state index contributed by atoms with van der Waals surface area (Å²) < 4.78 is 1.82. The lowest BCUT2D eigenvalue weighted by molar-refractivity contribution is -0.138. The quantitative estimate of drug-likeness (QED) is 0.772. The number of carboxylic acids is 1. The summed E-state index contributed by atoms with van der Waals surface area (Å²) in [5.41, 5.74) is 0.0412. The number of aliphatic carboxylic acids is 1. The van der Waals surface area contributed by atoms with Crippen molar-refractivity contribution in [1.29, 1.82) is 0 Å². The Morgan fingerprint density at radius 1 is 1.56 bits per heavy atom. The van der Waals surface area contributed by atoms with Crippen LogP contribution in [0, 0.1) is 5.41 Å². The first-order chi connectivity index (χ1) is 8.65. The van der Waals surface area contributed by atoms with Crippen LogP contribution in [0.4, 0.5) is 0 Å². The van der Waals surface area contributed by atoms with Crippen LogP contribution in [0.5, 0.6) is 0 Å². The number of thioether (sulfide) groups is 1. The Bertz CT molecular complexity index is 417. The number of aryl methyl sites for hydroxylation is 1. The Kier molecular flexibility index (Phi) is 4.21. The van der Waals surface area contributed by atoms with E-state index < -0.39 is 5.97 Å².